The number of pyridine rings is 1. The maximum absolute atomic E-state index is 12.4. The lowest BCUT2D eigenvalue weighted by atomic mass is 9.74. The van der Waals surface area contributed by atoms with Gasteiger partial charge in [0.2, 0.25) is 0 Å². The highest BCUT2D eigenvalue weighted by molar-refractivity contribution is 7.98. The van der Waals surface area contributed by atoms with E-state index in [-0.39, 0.29) is 12.0 Å². The van der Waals surface area contributed by atoms with Gasteiger partial charge in [0, 0.05) is 30.1 Å². The van der Waals surface area contributed by atoms with Crippen molar-refractivity contribution in [2.24, 2.45) is 5.92 Å². The van der Waals surface area contributed by atoms with Gasteiger partial charge in [-0.2, -0.15) is 0 Å². The van der Waals surface area contributed by atoms with Crippen LogP contribution in [0.15, 0.2) is 53.6 Å². The summed E-state index contributed by atoms with van der Waals surface area (Å²) < 4.78 is 5.51. The van der Waals surface area contributed by atoms with E-state index in [4.69, 9.17) is 4.74 Å². The molecule has 6 heteroatoms. The number of thioether (sulfide) groups is 1. The molecule has 0 aliphatic carbocycles. The molecule has 2 aromatic rings. The SMILES string of the molecule is CSc1cccc(C(O)(c2ccccn2)C2CCN(C(=O)OC(C)(C)C)CC2)c1. The van der Waals surface area contributed by atoms with Crippen molar-refractivity contribution in [2.45, 2.75) is 49.7 Å². The average Bonchev–Trinajstić information content (AvgIpc) is 2.72. The van der Waals surface area contributed by atoms with Gasteiger partial charge < -0.3 is 14.7 Å². The number of nitrogens with zero attached hydrogens (tertiary/aromatic N) is 2. The van der Waals surface area contributed by atoms with Crippen LogP contribution in [0.5, 0.6) is 0 Å². The first-order valence-corrected chi connectivity index (χ1v) is 11.2. The van der Waals surface area contributed by atoms with E-state index in [2.05, 4.69) is 4.98 Å². The van der Waals surface area contributed by atoms with Crippen molar-refractivity contribution in [1.29, 1.82) is 0 Å². The molecule has 1 N–H and O–H groups in total. The van der Waals surface area contributed by atoms with Crippen molar-refractivity contribution in [3.63, 3.8) is 0 Å². The first-order chi connectivity index (χ1) is 13.7. The smallest absolute Gasteiger partial charge is 0.410 e. The van der Waals surface area contributed by atoms with E-state index in [1.807, 2.05) is 69.5 Å². The second-order valence-electron chi connectivity index (χ2n) is 8.45. The summed E-state index contributed by atoms with van der Waals surface area (Å²) in [6.07, 6.45) is 4.81. The monoisotopic (exact) mass is 414 g/mol. The van der Waals surface area contributed by atoms with Gasteiger partial charge in [0.15, 0.2) is 0 Å². The minimum absolute atomic E-state index is 0.0480. The van der Waals surface area contributed by atoms with E-state index in [0.29, 0.717) is 31.6 Å². The molecule has 29 heavy (non-hydrogen) atoms. The summed E-state index contributed by atoms with van der Waals surface area (Å²) in [5.41, 5.74) is -0.221. The normalized spacial score (nSPS) is 17.6. The summed E-state index contributed by atoms with van der Waals surface area (Å²) in [6, 6.07) is 13.7. The first kappa shape index (κ1) is 21.7. The summed E-state index contributed by atoms with van der Waals surface area (Å²) in [5.74, 6) is -0.0480. The predicted molar refractivity (Wildman–Crippen MR) is 116 cm³/mol. The number of piperidine rings is 1. The third-order valence-corrected chi connectivity index (χ3v) is 6.03. The molecule has 1 saturated heterocycles. The molecule has 1 aliphatic rings. The van der Waals surface area contributed by atoms with Crippen LogP contribution in [-0.2, 0) is 10.3 Å². The van der Waals surface area contributed by atoms with Crippen LogP contribution in [0.3, 0.4) is 0 Å². The van der Waals surface area contributed by atoms with E-state index in [1.54, 1.807) is 22.9 Å². The number of carbonyl (C=O) groups is 1. The van der Waals surface area contributed by atoms with Gasteiger partial charge in [0.05, 0.1) is 5.69 Å². The highest BCUT2D eigenvalue weighted by Crippen LogP contribution is 2.42. The first-order valence-electron chi connectivity index (χ1n) is 10.0. The molecule has 1 aromatic heterocycles. The molecule has 2 heterocycles. The second-order valence-corrected chi connectivity index (χ2v) is 9.33. The molecule has 1 unspecified atom stereocenters. The Hall–Kier alpha value is -2.05. The molecule has 1 aliphatic heterocycles. The fourth-order valence-electron chi connectivity index (χ4n) is 3.85. The molecule has 1 atom stereocenters. The fourth-order valence-corrected chi connectivity index (χ4v) is 4.31. The van der Waals surface area contributed by atoms with Crippen LogP contribution in [0, 0.1) is 5.92 Å². The molecular weight excluding hydrogens is 384 g/mol. The quantitative estimate of drug-likeness (QED) is 0.736. The Bertz CT molecular complexity index is 830. The number of rotatable bonds is 4. The Balaban J connectivity index is 1.86. The van der Waals surface area contributed by atoms with Crippen molar-refractivity contribution in [2.75, 3.05) is 19.3 Å². The van der Waals surface area contributed by atoms with Crippen LogP contribution in [0.1, 0.15) is 44.9 Å². The number of ether oxygens (including phenoxy) is 1. The van der Waals surface area contributed by atoms with Gasteiger partial charge in [0.1, 0.15) is 11.2 Å². The summed E-state index contributed by atoms with van der Waals surface area (Å²) in [4.78, 5) is 19.8. The predicted octanol–water partition coefficient (Wildman–Crippen LogP) is 4.69. The van der Waals surface area contributed by atoms with E-state index < -0.39 is 11.2 Å². The molecule has 1 fully saturated rings. The summed E-state index contributed by atoms with van der Waals surface area (Å²) >= 11 is 1.65. The van der Waals surface area contributed by atoms with Gasteiger partial charge in [-0.25, -0.2) is 4.79 Å². The zero-order valence-corrected chi connectivity index (χ0v) is 18.4. The van der Waals surface area contributed by atoms with Crippen molar-refractivity contribution < 1.29 is 14.6 Å². The van der Waals surface area contributed by atoms with Crippen molar-refractivity contribution >= 4 is 17.9 Å². The van der Waals surface area contributed by atoms with Gasteiger partial charge in [-0.15, -0.1) is 11.8 Å². The lowest BCUT2D eigenvalue weighted by Crippen LogP contribution is -2.47. The molecular formula is C23H30N2O3S. The third kappa shape index (κ3) is 4.93. The Labute approximate surface area is 177 Å². The largest absolute Gasteiger partial charge is 0.444 e. The number of likely N-dealkylation sites (tertiary alicyclic amines) is 1. The number of amides is 1. The molecule has 3 rings (SSSR count). The minimum atomic E-state index is -1.20. The number of aromatic nitrogens is 1. The number of benzene rings is 1. The zero-order chi connectivity index (χ0) is 21.1. The minimum Gasteiger partial charge on any atom is -0.444 e. The van der Waals surface area contributed by atoms with Crippen LogP contribution in [0.2, 0.25) is 0 Å². The van der Waals surface area contributed by atoms with Crippen LogP contribution < -0.4 is 0 Å². The second kappa shape index (κ2) is 8.76. The Morgan fingerprint density at radius 1 is 1.17 bits per heavy atom. The Morgan fingerprint density at radius 2 is 1.90 bits per heavy atom. The molecule has 1 aromatic carbocycles. The highest BCUT2D eigenvalue weighted by atomic mass is 32.2. The zero-order valence-electron chi connectivity index (χ0n) is 17.6. The highest BCUT2D eigenvalue weighted by Gasteiger charge is 2.43. The topological polar surface area (TPSA) is 62.7 Å². The standard InChI is InChI=1S/C23H30N2O3S/c1-22(2,3)28-21(26)25-14-11-17(12-15-25)23(27,20-10-5-6-13-24-20)18-8-7-9-19(16-18)29-4/h5-10,13,16-17,27H,11-12,14-15H2,1-4H3. The molecule has 1 amide bonds. The van der Waals surface area contributed by atoms with Crippen LogP contribution in [0.25, 0.3) is 0 Å². The van der Waals surface area contributed by atoms with Crippen molar-refractivity contribution in [3.8, 4) is 0 Å². The van der Waals surface area contributed by atoms with Crippen molar-refractivity contribution in [3.05, 3.63) is 59.9 Å². The van der Waals surface area contributed by atoms with Gasteiger partial charge >= 0.3 is 6.09 Å². The molecule has 0 spiro atoms. The summed E-state index contributed by atoms with van der Waals surface area (Å²) in [5, 5.41) is 12.0. The molecule has 0 radical (unpaired) electrons. The van der Waals surface area contributed by atoms with E-state index in [1.165, 1.54) is 0 Å². The lowest BCUT2D eigenvalue weighted by Gasteiger charge is -2.41. The maximum atomic E-state index is 12.4. The number of hydrogen-bond acceptors (Lipinski definition) is 5. The van der Waals surface area contributed by atoms with Crippen LogP contribution in [-0.4, -0.2) is 46.0 Å². The van der Waals surface area contributed by atoms with Gasteiger partial charge in [0.25, 0.3) is 0 Å². The van der Waals surface area contributed by atoms with E-state index in [0.717, 1.165) is 10.5 Å². The number of aliphatic hydroxyl groups is 1. The van der Waals surface area contributed by atoms with Gasteiger partial charge in [-0.3, -0.25) is 4.98 Å². The Kier molecular flexibility index (Phi) is 6.54. The van der Waals surface area contributed by atoms with E-state index in [9.17, 15) is 9.90 Å². The van der Waals surface area contributed by atoms with Gasteiger partial charge in [-0.05, 0) is 69.7 Å². The van der Waals surface area contributed by atoms with Crippen molar-refractivity contribution in [1.82, 2.24) is 9.88 Å². The number of hydrogen-bond donors (Lipinski definition) is 1. The molecule has 156 valence electrons. The molecule has 5 nitrogen and oxygen atoms in total. The average molecular weight is 415 g/mol. The van der Waals surface area contributed by atoms with Gasteiger partial charge in [-0.1, -0.05) is 18.2 Å². The fraction of sp³-hybridized carbons (Fsp3) is 0.478. The summed E-state index contributed by atoms with van der Waals surface area (Å²) in [7, 11) is 0. The third-order valence-electron chi connectivity index (χ3n) is 5.30. The summed E-state index contributed by atoms with van der Waals surface area (Å²) in [6.45, 7) is 6.72. The number of carbonyl (C=O) groups excluding carboxylic acids is 1. The molecule has 0 saturated carbocycles. The van der Waals surface area contributed by atoms with E-state index >= 15 is 0 Å². The maximum Gasteiger partial charge on any atom is 0.410 e. The molecule has 0 bridgehead atoms. The lowest BCUT2D eigenvalue weighted by molar-refractivity contribution is -0.0262. The van der Waals surface area contributed by atoms with Crippen LogP contribution in [0.4, 0.5) is 4.79 Å². The Morgan fingerprint density at radius 3 is 2.48 bits per heavy atom. The van der Waals surface area contributed by atoms with Crippen LogP contribution >= 0.6 is 11.8 Å².